The molecule has 0 bridgehead atoms. The van der Waals surface area contributed by atoms with Crippen LogP contribution in [0, 0.1) is 0 Å². The van der Waals surface area contributed by atoms with Gasteiger partial charge < -0.3 is 10.1 Å². The van der Waals surface area contributed by atoms with E-state index in [9.17, 15) is 4.39 Å². The standard InChI is InChI=1S/C10H13FN2O/c11-9-7-13-5-3-10(9)14-8-2-1-4-12-6-8/h1-2,4,6,9-10,13H,3,5,7H2/t9-,10?/m1/s1. The first kappa shape index (κ1) is 9.40. The SMILES string of the molecule is F[C@@H]1CNCCC1Oc1cccnc1. The predicted octanol–water partition coefficient (Wildman–Crippen LogP) is 1.16. The third-order valence-electron chi connectivity index (χ3n) is 2.27. The molecule has 2 heterocycles. The molecule has 1 aliphatic heterocycles. The Kier molecular flexibility index (Phi) is 2.93. The molecule has 0 aromatic carbocycles. The molecule has 1 aromatic heterocycles. The fourth-order valence-corrected chi connectivity index (χ4v) is 1.52. The van der Waals surface area contributed by atoms with Crippen LogP contribution in [0.2, 0.25) is 0 Å². The van der Waals surface area contributed by atoms with E-state index < -0.39 is 6.17 Å². The van der Waals surface area contributed by atoms with E-state index in [1.807, 2.05) is 0 Å². The summed E-state index contributed by atoms with van der Waals surface area (Å²) in [5, 5.41) is 2.98. The van der Waals surface area contributed by atoms with Gasteiger partial charge in [-0.1, -0.05) is 0 Å². The molecule has 1 unspecified atom stereocenters. The van der Waals surface area contributed by atoms with Gasteiger partial charge in [0.2, 0.25) is 0 Å². The van der Waals surface area contributed by atoms with Crippen molar-refractivity contribution in [2.45, 2.75) is 18.7 Å². The van der Waals surface area contributed by atoms with Crippen LogP contribution >= 0.6 is 0 Å². The molecular formula is C10H13FN2O. The second-order valence-corrected chi connectivity index (χ2v) is 3.35. The van der Waals surface area contributed by atoms with Crippen LogP contribution in [0.15, 0.2) is 24.5 Å². The van der Waals surface area contributed by atoms with Gasteiger partial charge in [0.15, 0.2) is 0 Å². The molecule has 1 aliphatic rings. The second-order valence-electron chi connectivity index (χ2n) is 3.35. The minimum atomic E-state index is -0.927. The van der Waals surface area contributed by atoms with Gasteiger partial charge in [-0.05, 0) is 25.1 Å². The number of halogens is 1. The number of nitrogens with zero attached hydrogens (tertiary/aromatic N) is 1. The van der Waals surface area contributed by atoms with Gasteiger partial charge in [0, 0.05) is 12.7 Å². The molecule has 0 amide bonds. The van der Waals surface area contributed by atoms with Crippen LogP contribution in [-0.4, -0.2) is 30.3 Å². The highest BCUT2D eigenvalue weighted by molar-refractivity contribution is 5.16. The topological polar surface area (TPSA) is 34.1 Å². The molecule has 3 nitrogen and oxygen atoms in total. The van der Waals surface area contributed by atoms with E-state index >= 15 is 0 Å². The summed E-state index contributed by atoms with van der Waals surface area (Å²) in [4.78, 5) is 3.91. The maximum absolute atomic E-state index is 13.3. The maximum Gasteiger partial charge on any atom is 0.149 e. The van der Waals surface area contributed by atoms with Crippen LogP contribution in [-0.2, 0) is 0 Å². The van der Waals surface area contributed by atoms with Crippen LogP contribution in [0.1, 0.15) is 6.42 Å². The number of aromatic nitrogens is 1. The van der Waals surface area contributed by atoms with E-state index in [4.69, 9.17) is 4.74 Å². The van der Waals surface area contributed by atoms with Crippen LogP contribution in [0.3, 0.4) is 0 Å². The van der Waals surface area contributed by atoms with E-state index in [-0.39, 0.29) is 6.10 Å². The lowest BCUT2D eigenvalue weighted by Crippen LogP contribution is -2.44. The van der Waals surface area contributed by atoms with Gasteiger partial charge in [-0.2, -0.15) is 0 Å². The lowest BCUT2D eigenvalue weighted by Gasteiger charge is -2.27. The molecule has 0 spiro atoms. The molecule has 1 saturated heterocycles. The minimum Gasteiger partial charge on any atom is -0.486 e. The van der Waals surface area contributed by atoms with Crippen molar-refractivity contribution < 1.29 is 9.13 Å². The number of piperidine rings is 1. The van der Waals surface area contributed by atoms with E-state index in [1.54, 1.807) is 24.5 Å². The molecule has 14 heavy (non-hydrogen) atoms. The first-order chi connectivity index (χ1) is 6.86. The Labute approximate surface area is 82.3 Å². The highest BCUT2D eigenvalue weighted by Crippen LogP contribution is 2.16. The van der Waals surface area contributed by atoms with Gasteiger partial charge in [-0.15, -0.1) is 0 Å². The van der Waals surface area contributed by atoms with E-state index in [0.29, 0.717) is 18.7 Å². The van der Waals surface area contributed by atoms with Gasteiger partial charge in [0.05, 0.1) is 6.20 Å². The molecule has 0 saturated carbocycles. The lowest BCUT2D eigenvalue weighted by atomic mass is 10.1. The van der Waals surface area contributed by atoms with Gasteiger partial charge in [-0.3, -0.25) is 4.98 Å². The second kappa shape index (κ2) is 4.37. The predicted molar refractivity (Wildman–Crippen MR) is 51.0 cm³/mol. The van der Waals surface area contributed by atoms with E-state index in [1.165, 1.54) is 0 Å². The third-order valence-corrected chi connectivity index (χ3v) is 2.27. The van der Waals surface area contributed by atoms with Crippen LogP contribution < -0.4 is 10.1 Å². The lowest BCUT2D eigenvalue weighted by molar-refractivity contribution is 0.0728. The quantitative estimate of drug-likeness (QED) is 0.770. The molecule has 0 aliphatic carbocycles. The van der Waals surface area contributed by atoms with Crippen molar-refractivity contribution in [2.24, 2.45) is 0 Å². The summed E-state index contributed by atoms with van der Waals surface area (Å²) in [5.41, 5.74) is 0. The summed E-state index contributed by atoms with van der Waals surface area (Å²) in [6.07, 6.45) is 2.72. The molecule has 0 radical (unpaired) electrons. The zero-order valence-electron chi connectivity index (χ0n) is 7.82. The zero-order chi connectivity index (χ0) is 9.80. The van der Waals surface area contributed by atoms with Gasteiger partial charge >= 0.3 is 0 Å². The number of ether oxygens (including phenoxy) is 1. The molecule has 1 N–H and O–H groups in total. The Morgan fingerprint density at radius 2 is 2.50 bits per heavy atom. The largest absolute Gasteiger partial charge is 0.486 e. The van der Waals surface area contributed by atoms with Crippen LogP contribution in [0.25, 0.3) is 0 Å². The molecule has 4 heteroatoms. The number of hydrogen-bond donors (Lipinski definition) is 1. The van der Waals surface area contributed by atoms with Crippen molar-refractivity contribution in [1.29, 1.82) is 0 Å². The number of pyridine rings is 1. The first-order valence-corrected chi connectivity index (χ1v) is 4.78. The Morgan fingerprint density at radius 3 is 3.21 bits per heavy atom. The van der Waals surface area contributed by atoms with Gasteiger partial charge in [-0.25, -0.2) is 4.39 Å². The van der Waals surface area contributed by atoms with Gasteiger partial charge in [0.1, 0.15) is 18.0 Å². The molecule has 1 aromatic rings. The van der Waals surface area contributed by atoms with Crippen molar-refractivity contribution in [2.75, 3.05) is 13.1 Å². The molecule has 76 valence electrons. The maximum atomic E-state index is 13.3. The highest BCUT2D eigenvalue weighted by Gasteiger charge is 2.25. The highest BCUT2D eigenvalue weighted by atomic mass is 19.1. The normalized spacial score (nSPS) is 27.2. The minimum absolute atomic E-state index is 0.333. The van der Waals surface area contributed by atoms with Crippen LogP contribution in [0.4, 0.5) is 4.39 Å². The summed E-state index contributed by atoms with van der Waals surface area (Å²) >= 11 is 0. The third kappa shape index (κ3) is 2.20. The Bertz CT molecular complexity index is 281. The fourth-order valence-electron chi connectivity index (χ4n) is 1.52. The Morgan fingerprint density at radius 1 is 1.57 bits per heavy atom. The number of rotatable bonds is 2. The molecule has 1 fully saturated rings. The zero-order valence-corrected chi connectivity index (χ0v) is 7.82. The van der Waals surface area contributed by atoms with Crippen molar-refractivity contribution >= 4 is 0 Å². The van der Waals surface area contributed by atoms with E-state index in [0.717, 1.165) is 6.54 Å². The first-order valence-electron chi connectivity index (χ1n) is 4.78. The summed E-state index contributed by atoms with van der Waals surface area (Å²) in [5.74, 6) is 0.641. The average molecular weight is 196 g/mol. The van der Waals surface area contributed by atoms with E-state index in [2.05, 4.69) is 10.3 Å². The summed E-state index contributed by atoms with van der Waals surface area (Å²) in [7, 11) is 0. The number of hydrogen-bond acceptors (Lipinski definition) is 3. The average Bonchev–Trinajstić information content (AvgIpc) is 2.23. The monoisotopic (exact) mass is 196 g/mol. The van der Waals surface area contributed by atoms with Crippen molar-refractivity contribution in [1.82, 2.24) is 10.3 Å². The fraction of sp³-hybridized carbons (Fsp3) is 0.500. The number of alkyl halides is 1. The number of nitrogens with one attached hydrogen (secondary N) is 1. The van der Waals surface area contributed by atoms with Crippen molar-refractivity contribution in [3.05, 3.63) is 24.5 Å². The molecule has 2 atom stereocenters. The Hall–Kier alpha value is -1.16. The Balaban J connectivity index is 1.96. The van der Waals surface area contributed by atoms with Crippen molar-refractivity contribution in [3.63, 3.8) is 0 Å². The molecular weight excluding hydrogens is 183 g/mol. The molecule has 2 rings (SSSR count). The van der Waals surface area contributed by atoms with Crippen LogP contribution in [0.5, 0.6) is 5.75 Å². The smallest absolute Gasteiger partial charge is 0.149 e. The van der Waals surface area contributed by atoms with Crippen molar-refractivity contribution in [3.8, 4) is 5.75 Å². The summed E-state index contributed by atoms with van der Waals surface area (Å²) in [6.45, 7) is 1.19. The summed E-state index contributed by atoms with van der Waals surface area (Å²) in [6, 6.07) is 3.57. The summed E-state index contributed by atoms with van der Waals surface area (Å²) < 4.78 is 18.8. The van der Waals surface area contributed by atoms with Gasteiger partial charge in [0.25, 0.3) is 0 Å².